The Balaban J connectivity index is 1.31. The molecule has 374 valence electrons. The van der Waals surface area contributed by atoms with Crippen LogP contribution in [0.25, 0.3) is 77.0 Å². The second-order valence-corrected chi connectivity index (χ2v) is 27.2. The summed E-state index contributed by atoms with van der Waals surface area (Å²) in [4.78, 5) is 2.66. The number of hydrogen-bond donors (Lipinski definition) is 0. The van der Waals surface area contributed by atoms with Gasteiger partial charge in [0.05, 0.1) is 16.6 Å². The van der Waals surface area contributed by atoms with E-state index in [9.17, 15) is 0 Å². The Bertz CT molecular complexity index is 4160. The van der Waals surface area contributed by atoms with Gasteiger partial charge in [0, 0.05) is 66.4 Å². The van der Waals surface area contributed by atoms with Crippen molar-refractivity contribution in [3.63, 3.8) is 0 Å². The van der Waals surface area contributed by atoms with E-state index < -0.39 is 0 Å². The Morgan fingerprint density at radius 3 is 1.37 bits per heavy atom. The minimum atomic E-state index is -0.174. The van der Waals surface area contributed by atoms with Crippen molar-refractivity contribution in [2.24, 2.45) is 0 Å². The third-order valence-corrected chi connectivity index (χ3v) is 17.0. The predicted octanol–water partition coefficient (Wildman–Crippen LogP) is 17.7. The molecule has 0 spiro atoms. The molecule has 11 aromatic rings. The van der Waals surface area contributed by atoms with Crippen molar-refractivity contribution in [3.05, 3.63) is 186 Å². The summed E-state index contributed by atoms with van der Waals surface area (Å²) in [5.74, 6) is 1.20. The van der Waals surface area contributed by atoms with Gasteiger partial charge in [-0.05, 0) is 156 Å². The molecular formula is C70H71BN4. The van der Waals surface area contributed by atoms with Gasteiger partial charge in [-0.15, -0.1) is 0 Å². The van der Waals surface area contributed by atoms with E-state index in [0.717, 1.165) is 11.4 Å². The Kier molecular flexibility index (Phi) is 9.92. The number of nitrogens with zero attached hydrogens (tertiary/aromatic N) is 4. The maximum Gasteiger partial charge on any atom is 0.335 e. The minimum Gasteiger partial charge on any atom is -0.375 e. The molecule has 3 aromatic heterocycles. The van der Waals surface area contributed by atoms with Crippen molar-refractivity contribution in [2.45, 2.75) is 131 Å². The number of hydrogen-bond acceptors (Lipinski definition) is 1. The maximum atomic E-state index is 2.81. The molecule has 0 fully saturated rings. The summed E-state index contributed by atoms with van der Waals surface area (Å²) < 4.78 is 7.95. The lowest BCUT2D eigenvalue weighted by Gasteiger charge is -2.41. The summed E-state index contributed by atoms with van der Waals surface area (Å²) in [5, 5.41) is 6.50. The zero-order chi connectivity index (χ0) is 52.6. The Hall–Kier alpha value is -7.24. The van der Waals surface area contributed by atoms with E-state index in [1.54, 1.807) is 0 Å². The zero-order valence-corrected chi connectivity index (χ0v) is 46.9. The number of aromatic nitrogens is 3. The first-order valence-electron chi connectivity index (χ1n) is 27.4. The summed E-state index contributed by atoms with van der Waals surface area (Å²) in [6.07, 6.45) is 0. The molecule has 75 heavy (non-hydrogen) atoms. The van der Waals surface area contributed by atoms with Crippen molar-refractivity contribution < 1.29 is 0 Å². The van der Waals surface area contributed by atoms with Crippen LogP contribution in [0.2, 0.25) is 0 Å². The fourth-order valence-corrected chi connectivity index (χ4v) is 12.8. The summed E-state index contributed by atoms with van der Waals surface area (Å²) in [6.45, 7) is 35.2. The van der Waals surface area contributed by atoms with Crippen molar-refractivity contribution >= 4 is 89.5 Å². The maximum absolute atomic E-state index is 2.81. The third-order valence-electron chi connectivity index (χ3n) is 17.0. The second kappa shape index (κ2) is 15.7. The molecule has 0 aliphatic carbocycles. The normalized spacial score (nSPS) is 14.0. The lowest BCUT2D eigenvalue weighted by atomic mass is 9.45. The number of anilines is 3. The second-order valence-electron chi connectivity index (χ2n) is 27.2. The molecule has 0 amide bonds. The van der Waals surface area contributed by atoms with Gasteiger partial charge in [-0.2, -0.15) is 0 Å². The minimum absolute atomic E-state index is 0.00112. The molecular weight excluding hydrogens is 908 g/mol. The van der Waals surface area contributed by atoms with Crippen LogP contribution in [-0.2, 0) is 27.1 Å². The van der Waals surface area contributed by atoms with Crippen molar-refractivity contribution in [1.29, 1.82) is 0 Å². The van der Waals surface area contributed by atoms with Crippen LogP contribution in [0.3, 0.4) is 0 Å². The average molecular weight is 979 g/mol. The topological polar surface area (TPSA) is 18.0 Å². The van der Waals surface area contributed by atoms with Crippen LogP contribution in [0, 0.1) is 0 Å². The van der Waals surface area contributed by atoms with Gasteiger partial charge >= 0.3 is 6.85 Å². The Labute approximate surface area is 444 Å². The Morgan fingerprint density at radius 2 is 0.827 bits per heavy atom. The van der Waals surface area contributed by atoms with Crippen molar-refractivity contribution in [3.8, 4) is 22.5 Å². The molecule has 0 bridgehead atoms. The molecule has 4 nitrogen and oxygen atoms in total. The molecule has 0 atom stereocenters. The van der Waals surface area contributed by atoms with E-state index in [0.29, 0.717) is 0 Å². The number of benzene rings is 8. The quantitative estimate of drug-likeness (QED) is 0.161. The van der Waals surface area contributed by atoms with Gasteiger partial charge in [0.15, 0.2) is 0 Å². The largest absolute Gasteiger partial charge is 0.375 e. The van der Waals surface area contributed by atoms with Crippen LogP contribution in [0.5, 0.6) is 0 Å². The molecule has 0 saturated heterocycles. The highest BCUT2D eigenvalue weighted by molar-refractivity contribution is 6.92. The standard InChI is InChI=1S/C70H71BN4/c1-66(2,3)42-26-31-49(32-27-42)74-59-40-46(70(13,14)15)39-54-61-60-52-37-44(68(7,8)9)28-33-55(52)72(47-22-18-16-19-23-47)58(60)41-51-50-36-43(67(4,5)6)30-35-57(50)75(64(51)61)71(62(54)59)63-53-38-45(69(10,11)12)29-34-56(53)73(65(63)74)48-24-20-17-21-25-48/h16-41H,1-15H3. The number of rotatable bonds is 3. The van der Waals surface area contributed by atoms with Crippen LogP contribution in [0.4, 0.5) is 17.2 Å². The van der Waals surface area contributed by atoms with Crippen molar-refractivity contribution in [1.82, 2.24) is 13.6 Å². The summed E-state index contributed by atoms with van der Waals surface area (Å²) in [5.41, 5.74) is 22.6. The van der Waals surface area contributed by atoms with E-state index in [2.05, 4.69) is 280 Å². The van der Waals surface area contributed by atoms with E-state index in [1.807, 2.05) is 0 Å². The fourth-order valence-electron chi connectivity index (χ4n) is 12.8. The van der Waals surface area contributed by atoms with E-state index in [1.165, 1.54) is 122 Å². The van der Waals surface area contributed by atoms with Crippen molar-refractivity contribution in [2.75, 3.05) is 4.90 Å². The summed E-state index contributed by atoms with van der Waals surface area (Å²) in [7, 11) is 0. The molecule has 8 aromatic carbocycles. The molecule has 5 heteroatoms. The molecule has 2 aliphatic heterocycles. The van der Waals surface area contributed by atoms with Gasteiger partial charge in [-0.3, -0.25) is 9.47 Å². The molecule has 0 saturated carbocycles. The zero-order valence-electron chi connectivity index (χ0n) is 46.9. The molecule has 2 aliphatic rings. The fraction of sp³-hybridized carbons (Fsp3) is 0.286. The lowest BCUT2D eigenvalue weighted by molar-refractivity contribution is 0.590. The summed E-state index contributed by atoms with van der Waals surface area (Å²) >= 11 is 0. The van der Waals surface area contributed by atoms with Crippen LogP contribution >= 0.6 is 0 Å². The van der Waals surface area contributed by atoms with Gasteiger partial charge in [-0.25, -0.2) is 0 Å². The highest BCUT2D eigenvalue weighted by Gasteiger charge is 2.48. The first kappa shape index (κ1) is 47.5. The monoisotopic (exact) mass is 979 g/mol. The lowest BCUT2D eigenvalue weighted by Crippen LogP contribution is -2.57. The SMILES string of the molecule is CC(C)(C)c1ccc(N2c3cc(C(C)(C)C)cc4c3B(c3c2n(-c2ccccc2)c2ccc(C(C)(C)C)cc32)n2c3ccc(C(C)(C)C)cc3c3cc5c(c-4c32)c2cc(C(C)(C)C)ccc2n5-c2ccccc2)cc1. The highest BCUT2D eigenvalue weighted by Crippen LogP contribution is 2.53. The van der Waals surface area contributed by atoms with E-state index >= 15 is 0 Å². The number of fused-ring (bicyclic) bond motifs is 13. The summed E-state index contributed by atoms with van der Waals surface area (Å²) in [6, 6.07) is 61.5. The third kappa shape index (κ3) is 7.02. The molecule has 0 unspecified atom stereocenters. The number of para-hydroxylation sites is 2. The van der Waals surface area contributed by atoms with Crippen LogP contribution in [0.1, 0.15) is 132 Å². The van der Waals surface area contributed by atoms with Crippen LogP contribution in [-0.4, -0.2) is 20.5 Å². The van der Waals surface area contributed by atoms with Crippen LogP contribution in [0.15, 0.2) is 158 Å². The first-order valence-corrected chi connectivity index (χ1v) is 27.4. The molecule has 0 radical (unpaired) electrons. The smallest absolute Gasteiger partial charge is 0.335 e. The van der Waals surface area contributed by atoms with Gasteiger partial charge in [-0.1, -0.05) is 177 Å². The van der Waals surface area contributed by atoms with E-state index in [4.69, 9.17) is 0 Å². The average Bonchev–Trinajstić information content (AvgIpc) is 4.11. The molecule has 0 N–H and O–H groups in total. The van der Waals surface area contributed by atoms with Crippen LogP contribution < -0.4 is 15.8 Å². The van der Waals surface area contributed by atoms with Gasteiger partial charge in [0.2, 0.25) is 0 Å². The van der Waals surface area contributed by atoms with Gasteiger partial charge in [0.1, 0.15) is 5.82 Å². The molecule has 5 heterocycles. The molecule has 13 rings (SSSR count). The first-order chi connectivity index (χ1) is 35.4. The van der Waals surface area contributed by atoms with Gasteiger partial charge in [0.25, 0.3) is 0 Å². The van der Waals surface area contributed by atoms with E-state index in [-0.39, 0.29) is 33.9 Å². The highest BCUT2D eigenvalue weighted by atomic mass is 15.3. The Morgan fingerprint density at radius 1 is 0.347 bits per heavy atom. The van der Waals surface area contributed by atoms with Gasteiger partial charge < -0.3 is 9.05 Å². The predicted molar refractivity (Wildman–Crippen MR) is 325 cm³/mol.